The van der Waals surface area contributed by atoms with E-state index in [1.54, 1.807) is 31.5 Å². The fourth-order valence-electron chi connectivity index (χ4n) is 2.14. The average Bonchev–Trinajstić information content (AvgIpc) is 2.98. The van der Waals surface area contributed by atoms with Crippen LogP contribution in [0, 0.1) is 5.41 Å². The average molecular weight is 325 g/mol. The Kier molecular flexibility index (Phi) is 3.97. The molecule has 0 aliphatic heterocycles. The highest BCUT2D eigenvalue weighted by Gasteiger charge is 2.23. The molecule has 0 aliphatic rings. The molecular weight excluding hydrogens is 306 g/mol. The van der Waals surface area contributed by atoms with Crippen molar-refractivity contribution < 1.29 is 13.9 Å². The van der Waals surface area contributed by atoms with Gasteiger partial charge in [-0.15, -0.1) is 0 Å². The third-order valence-corrected chi connectivity index (χ3v) is 3.54. The number of fused-ring (bicyclic) bond motifs is 1. The van der Waals surface area contributed by atoms with E-state index in [9.17, 15) is 4.79 Å². The van der Waals surface area contributed by atoms with Crippen molar-refractivity contribution >= 4 is 22.8 Å². The number of amides is 1. The second-order valence-electron chi connectivity index (χ2n) is 6.46. The molecule has 0 atom stereocenters. The van der Waals surface area contributed by atoms with E-state index in [1.165, 1.54) is 0 Å². The molecule has 3 rings (SSSR count). The normalized spacial score (nSPS) is 11.5. The van der Waals surface area contributed by atoms with E-state index < -0.39 is 5.41 Å². The number of carbonyl (C=O) groups excluding carboxylic acids is 1. The standard InChI is InChI=1S/C18H19N3O3/c1-18(2,3)17(22)20-12-10-11(7-8-13(12)23-4)16-21-15-14(24-16)6-5-9-19-15/h5-10H,1-4H3,(H,20,22). The molecule has 0 saturated heterocycles. The fraction of sp³-hybridized carbons (Fsp3) is 0.278. The number of aromatic nitrogens is 2. The summed E-state index contributed by atoms with van der Waals surface area (Å²) in [7, 11) is 1.56. The van der Waals surface area contributed by atoms with Gasteiger partial charge in [0.25, 0.3) is 0 Å². The Labute approximate surface area is 139 Å². The lowest BCUT2D eigenvalue weighted by Crippen LogP contribution is -2.27. The zero-order chi connectivity index (χ0) is 17.3. The van der Waals surface area contributed by atoms with Crippen molar-refractivity contribution in [3.05, 3.63) is 36.5 Å². The van der Waals surface area contributed by atoms with Crippen molar-refractivity contribution in [2.24, 2.45) is 5.41 Å². The molecule has 0 unspecified atom stereocenters. The highest BCUT2D eigenvalue weighted by molar-refractivity contribution is 5.96. The highest BCUT2D eigenvalue weighted by Crippen LogP contribution is 2.32. The Morgan fingerprint density at radius 1 is 1.25 bits per heavy atom. The molecule has 6 heteroatoms. The maximum Gasteiger partial charge on any atom is 0.229 e. The van der Waals surface area contributed by atoms with Crippen LogP contribution >= 0.6 is 0 Å². The minimum atomic E-state index is -0.511. The minimum Gasteiger partial charge on any atom is -0.495 e. The number of methoxy groups -OCH3 is 1. The molecule has 6 nitrogen and oxygen atoms in total. The maximum absolute atomic E-state index is 12.3. The van der Waals surface area contributed by atoms with E-state index in [0.29, 0.717) is 28.6 Å². The summed E-state index contributed by atoms with van der Waals surface area (Å²) in [6.45, 7) is 5.56. The minimum absolute atomic E-state index is 0.0998. The molecule has 2 heterocycles. The first kappa shape index (κ1) is 16.0. The first-order valence-corrected chi connectivity index (χ1v) is 7.60. The lowest BCUT2D eigenvalue weighted by atomic mass is 9.95. The van der Waals surface area contributed by atoms with Gasteiger partial charge in [-0.3, -0.25) is 4.79 Å². The first-order valence-electron chi connectivity index (χ1n) is 7.60. The summed E-state index contributed by atoms with van der Waals surface area (Å²) < 4.78 is 11.1. The van der Waals surface area contributed by atoms with Crippen molar-refractivity contribution in [1.82, 2.24) is 9.97 Å². The monoisotopic (exact) mass is 325 g/mol. The smallest absolute Gasteiger partial charge is 0.229 e. The molecule has 2 aromatic heterocycles. The molecule has 1 aromatic carbocycles. The number of rotatable bonds is 3. The van der Waals surface area contributed by atoms with Gasteiger partial charge < -0.3 is 14.5 Å². The summed E-state index contributed by atoms with van der Waals surface area (Å²) in [6.07, 6.45) is 1.66. The summed E-state index contributed by atoms with van der Waals surface area (Å²) in [5.74, 6) is 0.917. The van der Waals surface area contributed by atoms with Crippen LogP contribution in [0.15, 0.2) is 40.9 Å². The Bertz CT molecular complexity index is 861. The highest BCUT2D eigenvalue weighted by atomic mass is 16.5. The number of ether oxygens (including phenoxy) is 1. The summed E-state index contributed by atoms with van der Waals surface area (Å²) in [5.41, 5.74) is 1.96. The Balaban J connectivity index is 2.00. The summed E-state index contributed by atoms with van der Waals surface area (Å²) in [5, 5.41) is 2.90. The number of nitrogens with one attached hydrogen (secondary N) is 1. The molecule has 1 amide bonds. The van der Waals surface area contributed by atoms with Gasteiger partial charge in [-0.25, -0.2) is 4.98 Å². The van der Waals surface area contributed by atoms with Gasteiger partial charge >= 0.3 is 0 Å². The zero-order valence-electron chi connectivity index (χ0n) is 14.1. The van der Waals surface area contributed by atoms with E-state index in [-0.39, 0.29) is 5.91 Å². The first-order chi connectivity index (χ1) is 11.4. The van der Waals surface area contributed by atoms with Gasteiger partial charge in [-0.1, -0.05) is 20.8 Å². The summed E-state index contributed by atoms with van der Waals surface area (Å²) in [6, 6.07) is 8.99. The lowest BCUT2D eigenvalue weighted by molar-refractivity contribution is -0.123. The van der Waals surface area contributed by atoms with Crippen molar-refractivity contribution in [1.29, 1.82) is 0 Å². The van der Waals surface area contributed by atoms with Crippen LogP contribution in [-0.2, 0) is 4.79 Å². The molecule has 24 heavy (non-hydrogen) atoms. The third-order valence-electron chi connectivity index (χ3n) is 3.54. The van der Waals surface area contributed by atoms with Crippen molar-refractivity contribution in [2.45, 2.75) is 20.8 Å². The SMILES string of the molecule is COc1ccc(-c2nc3ncccc3o2)cc1NC(=O)C(C)(C)C. The van der Waals surface area contributed by atoms with Crippen LogP contribution < -0.4 is 10.1 Å². The van der Waals surface area contributed by atoms with Gasteiger partial charge in [0.2, 0.25) is 11.8 Å². The fourth-order valence-corrected chi connectivity index (χ4v) is 2.14. The molecule has 1 N–H and O–H groups in total. The number of hydrogen-bond acceptors (Lipinski definition) is 5. The van der Waals surface area contributed by atoms with E-state index in [0.717, 1.165) is 5.56 Å². The molecule has 0 saturated carbocycles. The molecule has 124 valence electrons. The Morgan fingerprint density at radius 3 is 2.71 bits per heavy atom. The van der Waals surface area contributed by atoms with E-state index >= 15 is 0 Å². The van der Waals surface area contributed by atoms with Crippen molar-refractivity contribution in [3.8, 4) is 17.2 Å². The topological polar surface area (TPSA) is 77.2 Å². The van der Waals surface area contributed by atoms with Crippen LogP contribution in [0.2, 0.25) is 0 Å². The predicted octanol–water partition coefficient (Wildman–Crippen LogP) is 3.88. The molecule has 3 aromatic rings. The van der Waals surface area contributed by atoms with E-state index in [1.807, 2.05) is 32.9 Å². The van der Waals surface area contributed by atoms with Crippen LogP contribution in [0.25, 0.3) is 22.7 Å². The number of carbonyl (C=O) groups is 1. The largest absolute Gasteiger partial charge is 0.495 e. The summed E-state index contributed by atoms with van der Waals surface area (Å²) >= 11 is 0. The van der Waals surface area contributed by atoms with E-state index in [2.05, 4.69) is 15.3 Å². The van der Waals surface area contributed by atoms with Gasteiger partial charge in [-0.2, -0.15) is 4.98 Å². The van der Waals surface area contributed by atoms with Crippen molar-refractivity contribution in [3.63, 3.8) is 0 Å². The zero-order valence-corrected chi connectivity index (χ0v) is 14.1. The lowest BCUT2D eigenvalue weighted by Gasteiger charge is -2.19. The maximum atomic E-state index is 12.3. The van der Waals surface area contributed by atoms with Crippen molar-refractivity contribution in [2.75, 3.05) is 12.4 Å². The van der Waals surface area contributed by atoms with Crippen LogP contribution in [0.5, 0.6) is 5.75 Å². The Morgan fingerprint density at radius 2 is 2.04 bits per heavy atom. The molecule has 0 aliphatic carbocycles. The van der Waals surface area contributed by atoms with Gasteiger partial charge in [0.15, 0.2) is 11.2 Å². The molecule has 0 radical (unpaired) electrons. The van der Waals surface area contributed by atoms with E-state index in [4.69, 9.17) is 9.15 Å². The molecular formula is C18H19N3O3. The van der Waals surface area contributed by atoms with Gasteiger partial charge in [0.1, 0.15) is 5.75 Å². The van der Waals surface area contributed by atoms with Gasteiger partial charge in [0.05, 0.1) is 12.8 Å². The molecule has 0 fully saturated rings. The number of anilines is 1. The molecule has 0 spiro atoms. The Hall–Kier alpha value is -2.89. The predicted molar refractivity (Wildman–Crippen MR) is 91.9 cm³/mol. The number of nitrogens with zero attached hydrogens (tertiary/aromatic N) is 2. The second kappa shape index (κ2) is 5.96. The number of oxazole rings is 1. The third kappa shape index (κ3) is 3.08. The number of pyridine rings is 1. The molecule has 0 bridgehead atoms. The van der Waals surface area contributed by atoms with Crippen LogP contribution in [0.3, 0.4) is 0 Å². The van der Waals surface area contributed by atoms with Crippen LogP contribution in [0.1, 0.15) is 20.8 Å². The number of benzene rings is 1. The quantitative estimate of drug-likeness (QED) is 0.790. The van der Waals surface area contributed by atoms with Gasteiger partial charge in [-0.05, 0) is 30.3 Å². The van der Waals surface area contributed by atoms with Crippen LogP contribution in [0.4, 0.5) is 5.69 Å². The number of hydrogen-bond donors (Lipinski definition) is 1. The summed E-state index contributed by atoms with van der Waals surface area (Å²) in [4.78, 5) is 20.8. The van der Waals surface area contributed by atoms with Crippen LogP contribution in [-0.4, -0.2) is 23.0 Å². The second-order valence-corrected chi connectivity index (χ2v) is 6.46. The van der Waals surface area contributed by atoms with Gasteiger partial charge in [0, 0.05) is 17.2 Å².